The van der Waals surface area contributed by atoms with E-state index in [1.54, 1.807) is 12.3 Å². The van der Waals surface area contributed by atoms with Gasteiger partial charge in [-0.1, -0.05) is 47.5 Å². The highest BCUT2D eigenvalue weighted by Gasteiger charge is 2.20. The molecule has 1 saturated heterocycles. The number of para-hydroxylation sites is 1. The Kier molecular flexibility index (Phi) is 4.75. The number of nitrogens with zero attached hydrogens (tertiary/aromatic N) is 4. The monoisotopic (exact) mass is 372 g/mol. The van der Waals surface area contributed by atoms with Gasteiger partial charge in [-0.2, -0.15) is 0 Å². The van der Waals surface area contributed by atoms with Gasteiger partial charge in [0, 0.05) is 50.5 Å². The Morgan fingerprint density at radius 3 is 2.56 bits per heavy atom. The highest BCUT2D eigenvalue weighted by Crippen LogP contribution is 2.27. The summed E-state index contributed by atoms with van der Waals surface area (Å²) in [6, 6.07) is 12.2. The van der Waals surface area contributed by atoms with Crippen molar-refractivity contribution in [1.29, 1.82) is 0 Å². The maximum atomic E-state index is 6.28. The smallest absolute Gasteiger partial charge is 0.147 e. The van der Waals surface area contributed by atoms with Gasteiger partial charge in [0.15, 0.2) is 0 Å². The number of aromatic nitrogens is 2. The number of anilines is 1. The summed E-state index contributed by atoms with van der Waals surface area (Å²) in [6.45, 7) is 4.62. The number of rotatable bonds is 3. The van der Waals surface area contributed by atoms with Crippen LogP contribution in [0.1, 0.15) is 5.56 Å². The summed E-state index contributed by atoms with van der Waals surface area (Å²) >= 11 is 12.2. The van der Waals surface area contributed by atoms with E-state index >= 15 is 0 Å². The number of fused-ring (bicyclic) bond motifs is 1. The molecule has 0 amide bonds. The van der Waals surface area contributed by atoms with Crippen LogP contribution in [0.2, 0.25) is 10.0 Å². The largest absolute Gasteiger partial charge is 0.353 e. The maximum absolute atomic E-state index is 6.28. The predicted molar refractivity (Wildman–Crippen MR) is 103 cm³/mol. The molecule has 1 aliphatic rings. The molecule has 1 fully saturated rings. The van der Waals surface area contributed by atoms with Crippen LogP contribution >= 0.6 is 23.2 Å². The lowest BCUT2D eigenvalue weighted by Crippen LogP contribution is -2.46. The summed E-state index contributed by atoms with van der Waals surface area (Å²) in [4.78, 5) is 13.6. The Labute approximate surface area is 157 Å². The number of hydrogen-bond acceptors (Lipinski definition) is 4. The first-order valence-corrected chi connectivity index (χ1v) is 9.07. The topological polar surface area (TPSA) is 32.3 Å². The van der Waals surface area contributed by atoms with Crippen molar-refractivity contribution >= 4 is 39.9 Å². The van der Waals surface area contributed by atoms with Crippen molar-refractivity contribution in [2.45, 2.75) is 6.54 Å². The van der Waals surface area contributed by atoms with Crippen LogP contribution in [0.25, 0.3) is 10.9 Å². The normalized spacial score (nSPS) is 15.7. The molecule has 6 heteroatoms. The molecule has 0 spiro atoms. The van der Waals surface area contributed by atoms with Crippen molar-refractivity contribution in [3.63, 3.8) is 0 Å². The summed E-state index contributed by atoms with van der Waals surface area (Å²) in [6.07, 6.45) is 3.51. The van der Waals surface area contributed by atoms with Crippen LogP contribution in [0.5, 0.6) is 0 Å². The second-order valence-electron chi connectivity index (χ2n) is 6.21. The van der Waals surface area contributed by atoms with Crippen LogP contribution in [-0.4, -0.2) is 41.0 Å². The Balaban J connectivity index is 1.45. The summed E-state index contributed by atoms with van der Waals surface area (Å²) in [5.74, 6) is 0.817. The van der Waals surface area contributed by atoms with Crippen LogP contribution in [-0.2, 0) is 6.54 Å². The number of pyridine rings is 2. The highest BCUT2D eigenvalue weighted by atomic mass is 35.5. The number of hydrogen-bond donors (Lipinski definition) is 0. The number of halogens is 2. The molecular formula is C19H18Cl2N4. The minimum absolute atomic E-state index is 0.566. The van der Waals surface area contributed by atoms with E-state index in [0.29, 0.717) is 10.0 Å². The molecule has 0 radical (unpaired) electrons. The first kappa shape index (κ1) is 16.6. The quantitative estimate of drug-likeness (QED) is 0.687. The SMILES string of the molecule is Clc1cnc(N2CCN(Cc3cccc4cccnc34)CC2)c(Cl)c1. The van der Waals surface area contributed by atoms with E-state index in [0.717, 1.165) is 44.1 Å². The first-order chi connectivity index (χ1) is 12.2. The molecule has 0 N–H and O–H groups in total. The van der Waals surface area contributed by atoms with E-state index < -0.39 is 0 Å². The van der Waals surface area contributed by atoms with Crippen LogP contribution in [0, 0.1) is 0 Å². The van der Waals surface area contributed by atoms with Crippen molar-refractivity contribution in [2.75, 3.05) is 31.1 Å². The lowest BCUT2D eigenvalue weighted by Gasteiger charge is -2.35. The molecule has 1 aliphatic heterocycles. The van der Waals surface area contributed by atoms with Gasteiger partial charge in [-0.25, -0.2) is 4.98 Å². The van der Waals surface area contributed by atoms with Crippen molar-refractivity contribution < 1.29 is 0 Å². The third kappa shape index (κ3) is 3.56. The van der Waals surface area contributed by atoms with Crippen LogP contribution in [0.4, 0.5) is 5.82 Å². The molecule has 0 atom stereocenters. The van der Waals surface area contributed by atoms with Gasteiger partial charge in [-0.15, -0.1) is 0 Å². The van der Waals surface area contributed by atoms with Gasteiger partial charge in [0.1, 0.15) is 5.82 Å². The summed E-state index contributed by atoms with van der Waals surface area (Å²) < 4.78 is 0. The molecule has 3 aromatic rings. The molecule has 4 nitrogen and oxygen atoms in total. The van der Waals surface area contributed by atoms with Crippen LogP contribution < -0.4 is 4.90 Å². The average molecular weight is 373 g/mol. The molecule has 2 aromatic heterocycles. The zero-order valence-corrected chi connectivity index (χ0v) is 15.2. The standard InChI is InChI=1S/C19H18Cl2N4/c20-16-11-17(21)19(23-12-16)25-9-7-24(8-10-25)13-15-4-1-3-14-5-2-6-22-18(14)15/h1-6,11-12H,7-10,13H2. The molecule has 1 aromatic carbocycles. The van der Waals surface area contributed by atoms with Gasteiger partial charge < -0.3 is 4.90 Å². The summed E-state index contributed by atoms with van der Waals surface area (Å²) in [5, 5.41) is 2.37. The van der Waals surface area contributed by atoms with Gasteiger partial charge in [-0.05, 0) is 17.7 Å². The zero-order valence-electron chi connectivity index (χ0n) is 13.7. The van der Waals surface area contributed by atoms with Crippen molar-refractivity contribution in [3.05, 3.63) is 64.4 Å². The van der Waals surface area contributed by atoms with Crippen molar-refractivity contribution in [2.24, 2.45) is 0 Å². The molecule has 0 unspecified atom stereocenters. The third-order valence-electron chi connectivity index (χ3n) is 4.57. The molecule has 0 bridgehead atoms. The number of benzene rings is 1. The van der Waals surface area contributed by atoms with Crippen molar-refractivity contribution in [1.82, 2.24) is 14.9 Å². The van der Waals surface area contributed by atoms with Crippen LogP contribution in [0.15, 0.2) is 48.8 Å². The third-order valence-corrected chi connectivity index (χ3v) is 5.06. The van der Waals surface area contributed by atoms with Gasteiger partial charge in [0.2, 0.25) is 0 Å². The second kappa shape index (κ2) is 7.16. The molecule has 3 heterocycles. The van der Waals surface area contributed by atoms with E-state index in [-0.39, 0.29) is 0 Å². The van der Waals surface area contributed by atoms with Crippen molar-refractivity contribution in [3.8, 4) is 0 Å². The molecule has 4 rings (SSSR count). The van der Waals surface area contributed by atoms with Gasteiger partial charge in [-0.3, -0.25) is 9.88 Å². The molecule has 0 saturated carbocycles. The van der Waals surface area contributed by atoms with E-state index in [1.165, 1.54) is 10.9 Å². The Hall–Kier alpha value is -1.88. The fraction of sp³-hybridized carbons (Fsp3) is 0.263. The van der Waals surface area contributed by atoms with E-state index in [4.69, 9.17) is 23.2 Å². The predicted octanol–water partition coefficient (Wildman–Crippen LogP) is 4.26. The maximum Gasteiger partial charge on any atom is 0.147 e. The van der Waals surface area contributed by atoms with E-state index in [9.17, 15) is 0 Å². The Bertz CT molecular complexity index is 886. The fourth-order valence-electron chi connectivity index (χ4n) is 3.29. The first-order valence-electron chi connectivity index (χ1n) is 8.32. The second-order valence-corrected chi connectivity index (χ2v) is 7.06. The molecule has 128 valence electrons. The lowest BCUT2D eigenvalue weighted by molar-refractivity contribution is 0.250. The molecular weight excluding hydrogens is 355 g/mol. The molecule has 0 aliphatic carbocycles. The van der Waals surface area contributed by atoms with Gasteiger partial charge in [0.25, 0.3) is 0 Å². The Morgan fingerprint density at radius 1 is 0.960 bits per heavy atom. The van der Waals surface area contributed by atoms with Gasteiger partial charge >= 0.3 is 0 Å². The lowest BCUT2D eigenvalue weighted by atomic mass is 10.1. The van der Waals surface area contributed by atoms with E-state index in [1.807, 2.05) is 12.3 Å². The minimum Gasteiger partial charge on any atom is -0.353 e. The fourth-order valence-corrected chi connectivity index (χ4v) is 3.79. The van der Waals surface area contributed by atoms with Gasteiger partial charge in [0.05, 0.1) is 15.6 Å². The summed E-state index contributed by atoms with van der Waals surface area (Å²) in [7, 11) is 0. The highest BCUT2D eigenvalue weighted by molar-refractivity contribution is 6.36. The molecule has 25 heavy (non-hydrogen) atoms. The Morgan fingerprint density at radius 2 is 1.76 bits per heavy atom. The summed E-state index contributed by atoms with van der Waals surface area (Å²) in [5.41, 5.74) is 2.36. The number of piperazine rings is 1. The van der Waals surface area contributed by atoms with Crippen LogP contribution in [0.3, 0.4) is 0 Å². The minimum atomic E-state index is 0.566. The zero-order chi connectivity index (χ0) is 17.2. The average Bonchev–Trinajstić information content (AvgIpc) is 2.63. The van der Waals surface area contributed by atoms with E-state index in [2.05, 4.69) is 44.0 Å².